The van der Waals surface area contributed by atoms with E-state index in [0.29, 0.717) is 49.6 Å². The quantitative estimate of drug-likeness (QED) is 0.825. The second kappa shape index (κ2) is 8.37. The Morgan fingerprint density at radius 1 is 0.885 bits per heavy atom. The predicted octanol–water partition coefficient (Wildman–Crippen LogP) is 3.57. The number of rotatable bonds is 4. The molecule has 2 amide bonds. The SMILES string of the molecule is Cc1ccc(C(=O)N2CCN(C(=O)CCc3ccc(Cl)cc3)CC2)cc1. The predicted molar refractivity (Wildman–Crippen MR) is 103 cm³/mol. The van der Waals surface area contributed by atoms with Crippen LogP contribution in [-0.4, -0.2) is 47.8 Å². The molecule has 0 bridgehead atoms. The number of nitrogens with zero attached hydrogens (tertiary/aromatic N) is 2. The highest BCUT2D eigenvalue weighted by Crippen LogP contribution is 2.14. The molecular formula is C21H23ClN2O2. The molecule has 136 valence electrons. The van der Waals surface area contributed by atoms with Gasteiger partial charge in [0.15, 0.2) is 0 Å². The first-order valence-corrected chi connectivity index (χ1v) is 9.29. The fraction of sp³-hybridized carbons (Fsp3) is 0.333. The first-order valence-electron chi connectivity index (χ1n) is 8.91. The number of piperazine rings is 1. The first-order chi connectivity index (χ1) is 12.5. The number of amides is 2. The monoisotopic (exact) mass is 370 g/mol. The zero-order valence-electron chi connectivity index (χ0n) is 15.0. The van der Waals surface area contributed by atoms with Crippen LogP contribution in [0.5, 0.6) is 0 Å². The van der Waals surface area contributed by atoms with Crippen molar-refractivity contribution in [3.63, 3.8) is 0 Å². The van der Waals surface area contributed by atoms with E-state index in [2.05, 4.69) is 0 Å². The highest BCUT2D eigenvalue weighted by Gasteiger charge is 2.24. The van der Waals surface area contributed by atoms with Crippen molar-refractivity contribution >= 4 is 23.4 Å². The average Bonchev–Trinajstić information content (AvgIpc) is 2.67. The molecule has 5 heteroatoms. The van der Waals surface area contributed by atoms with Crippen molar-refractivity contribution in [2.24, 2.45) is 0 Å². The Kier molecular flexibility index (Phi) is 5.94. The second-order valence-electron chi connectivity index (χ2n) is 6.67. The van der Waals surface area contributed by atoms with Crippen LogP contribution in [0.4, 0.5) is 0 Å². The maximum atomic E-state index is 12.5. The molecule has 3 rings (SSSR count). The molecule has 0 N–H and O–H groups in total. The third-order valence-corrected chi connectivity index (χ3v) is 5.01. The topological polar surface area (TPSA) is 40.6 Å². The van der Waals surface area contributed by atoms with E-state index in [1.807, 2.05) is 65.3 Å². The van der Waals surface area contributed by atoms with E-state index in [1.54, 1.807) is 0 Å². The third-order valence-electron chi connectivity index (χ3n) is 4.76. The number of carbonyl (C=O) groups is 2. The van der Waals surface area contributed by atoms with Crippen molar-refractivity contribution in [3.05, 3.63) is 70.2 Å². The lowest BCUT2D eigenvalue weighted by molar-refractivity contribution is -0.132. The summed E-state index contributed by atoms with van der Waals surface area (Å²) in [6.07, 6.45) is 1.19. The Morgan fingerprint density at radius 2 is 1.46 bits per heavy atom. The summed E-state index contributed by atoms with van der Waals surface area (Å²) in [6, 6.07) is 15.2. The van der Waals surface area contributed by atoms with Crippen LogP contribution in [0.3, 0.4) is 0 Å². The van der Waals surface area contributed by atoms with E-state index < -0.39 is 0 Å². The molecule has 0 spiro atoms. The Morgan fingerprint density at radius 3 is 2.08 bits per heavy atom. The van der Waals surface area contributed by atoms with E-state index in [0.717, 1.165) is 11.1 Å². The summed E-state index contributed by atoms with van der Waals surface area (Å²) in [6.45, 7) is 4.36. The lowest BCUT2D eigenvalue weighted by Crippen LogP contribution is -2.50. The van der Waals surface area contributed by atoms with E-state index in [9.17, 15) is 9.59 Å². The molecule has 0 radical (unpaired) electrons. The maximum absolute atomic E-state index is 12.5. The number of hydrogen-bond acceptors (Lipinski definition) is 2. The lowest BCUT2D eigenvalue weighted by Gasteiger charge is -2.35. The lowest BCUT2D eigenvalue weighted by atomic mass is 10.1. The molecule has 26 heavy (non-hydrogen) atoms. The van der Waals surface area contributed by atoms with Gasteiger partial charge in [0.1, 0.15) is 0 Å². The summed E-state index contributed by atoms with van der Waals surface area (Å²) < 4.78 is 0. The van der Waals surface area contributed by atoms with Gasteiger partial charge in [0.2, 0.25) is 5.91 Å². The number of halogens is 1. The summed E-state index contributed by atoms with van der Waals surface area (Å²) in [5, 5.41) is 0.703. The van der Waals surface area contributed by atoms with Gasteiger partial charge in [-0.3, -0.25) is 9.59 Å². The molecule has 4 nitrogen and oxygen atoms in total. The van der Waals surface area contributed by atoms with Gasteiger partial charge < -0.3 is 9.80 Å². The Balaban J connectivity index is 1.48. The van der Waals surface area contributed by atoms with Crippen LogP contribution in [0.15, 0.2) is 48.5 Å². The Bertz CT molecular complexity index is 764. The molecule has 0 atom stereocenters. The van der Waals surface area contributed by atoms with Gasteiger partial charge in [-0.2, -0.15) is 0 Å². The standard InChI is InChI=1S/C21H23ClN2O2/c1-16-2-7-18(8-3-16)21(26)24-14-12-23(13-15-24)20(25)11-6-17-4-9-19(22)10-5-17/h2-5,7-10H,6,11-15H2,1H3. The molecule has 1 aliphatic heterocycles. The van der Waals surface area contributed by atoms with Crippen molar-refractivity contribution in [1.29, 1.82) is 0 Å². The molecule has 0 aliphatic carbocycles. The van der Waals surface area contributed by atoms with Crippen molar-refractivity contribution in [3.8, 4) is 0 Å². The minimum atomic E-state index is 0.0401. The molecule has 1 fully saturated rings. The summed E-state index contributed by atoms with van der Waals surface area (Å²) in [7, 11) is 0. The maximum Gasteiger partial charge on any atom is 0.253 e. The summed E-state index contributed by atoms with van der Waals surface area (Å²) in [5.41, 5.74) is 2.95. The Labute approximate surface area is 159 Å². The molecule has 2 aromatic rings. The number of benzene rings is 2. The van der Waals surface area contributed by atoms with Crippen LogP contribution < -0.4 is 0 Å². The van der Waals surface area contributed by atoms with Crippen molar-refractivity contribution in [1.82, 2.24) is 9.80 Å². The summed E-state index contributed by atoms with van der Waals surface area (Å²) in [4.78, 5) is 28.6. The van der Waals surface area contributed by atoms with Crippen molar-refractivity contribution < 1.29 is 9.59 Å². The molecular weight excluding hydrogens is 348 g/mol. The summed E-state index contributed by atoms with van der Waals surface area (Å²) >= 11 is 5.88. The fourth-order valence-corrected chi connectivity index (χ4v) is 3.22. The molecule has 1 saturated heterocycles. The van der Waals surface area contributed by atoms with Gasteiger partial charge in [-0.1, -0.05) is 41.4 Å². The van der Waals surface area contributed by atoms with Crippen LogP contribution in [0.25, 0.3) is 0 Å². The van der Waals surface area contributed by atoms with E-state index in [4.69, 9.17) is 11.6 Å². The molecule has 0 unspecified atom stereocenters. The summed E-state index contributed by atoms with van der Waals surface area (Å²) in [5.74, 6) is 0.181. The molecule has 1 heterocycles. The van der Waals surface area contributed by atoms with Crippen LogP contribution in [-0.2, 0) is 11.2 Å². The molecule has 1 aliphatic rings. The van der Waals surface area contributed by atoms with Crippen LogP contribution in [0, 0.1) is 6.92 Å². The molecule has 0 saturated carbocycles. The zero-order chi connectivity index (χ0) is 18.5. The van der Waals surface area contributed by atoms with Gasteiger partial charge >= 0.3 is 0 Å². The average molecular weight is 371 g/mol. The van der Waals surface area contributed by atoms with Crippen molar-refractivity contribution in [2.75, 3.05) is 26.2 Å². The largest absolute Gasteiger partial charge is 0.339 e. The normalized spacial score (nSPS) is 14.4. The highest BCUT2D eigenvalue weighted by atomic mass is 35.5. The van der Waals surface area contributed by atoms with Gasteiger partial charge in [0, 0.05) is 43.2 Å². The number of carbonyl (C=O) groups excluding carboxylic acids is 2. The number of hydrogen-bond donors (Lipinski definition) is 0. The minimum Gasteiger partial charge on any atom is -0.339 e. The second-order valence-corrected chi connectivity index (χ2v) is 7.10. The van der Waals surface area contributed by atoms with E-state index in [1.165, 1.54) is 0 Å². The van der Waals surface area contributed by atoms with Gasteiger partial charge in [-0.15, -0.1) is 0 Å². The highest BCUT2D eigenvalue weighted by molar-refractivity contribution is 6.30. The number of aryl methyl sites for hydroxylation is 2. The van der Waals surface area contributed by atoms with Gasteiger partial charge in [-0.05, 0) is 43.2 Å². The first kappa shape index (κ1) is 18.5. The Hall–Kier alpha value is -2.33. The van der Waals surface area contributed by atoms with E-state index in [-0.39, 0.29) is 11.8 Å². The van der Waals surface area contributed by atoms with Crippen molar-refractivity contribution in [2.45, 2.75) is 19.8 Å². The minimum absolute atomic E-state index is 0.0401. The van der Waals surface area contributed by atoms with Crippen LogP contribution in [0.2, 0.25) is 5.02 Å². The van der Waals surface area contributed by atoms with Gasteiger partial charge in [-0.25, -0.2) is 0 Å². The fourth-order valence-electron chi connectivity index (χ4n) is 3.10. The van der Waals surface area contributed by atoms with Gasteiger partial charge in [0.05, 0.1) is 0 Å². The third kappa shape index (κ3) is 4.64. The zero-order valence-corrected chi connectivity index (χ0v) is 15.7. The molecule has 0 aromatic heterocycles. The van der Waals surface area contributed by atoms with Crippen LogP contribution in [0.1, 0.15) is 27.9 Å². The smallest absolute Gasteiger partial charge is 0.253 e. The van der Waals surface area contributed by atoms with Gasteiger partial charge in [0.25, 0.3) is 5.91 Å². The molecule has 2 aromatic carbocycles. The van der Waals surface area contributed by atoms with Crippen LogP contribution >= 0.6 is 11.6 Å². The van der Waals surface area contributed by atoms with E-state index >= 15 is 0 Å².